The van der Waals surface area contributed by atoms with Crippen LogP contribution in [0.15, 0.2) is 93.8 Å². The fraction of sp³-hybridized carbons (Fsp3) is 0.176. The number of rotatable bonds is 10. The number of carbonyl (C=O) groups excluding carboxylic acids is 3. The van der Waals surface area contributed by atoms with Gasteiger partial charge in [0.1, 0.15) is 35.4 Å². The van der Waals surface area contributed by atoms with Crippen molar-refractivity contribution in [1.29, 1.82) is 0 Å². The number of aromatic nitrogens is 1. The van der Waals surface area contributed by atoms with E-state index in [-0.39, 0.29) is 35.9 Å². The quantitative estimate of drug-likeness (QED) is 0.154. The van der Waals surface area contributed by atoms with Crippen LogP contribution < -0.4 is 9.47 Å². The van der Waals surface area contributed by atoms with Crippen LogP contribution in [0.4, 0.5) is 0 Å². The van der Waals surface area contributed by atoms with Crippen LogP contribution >= 0.6 is 15.9 Å². The highest BCUT2D eigenvalue weighted by Crippen LogP contribution is 2.33. The summed E-state index contributed by atoms with van der Waals surface area (Å²) >= 11 is 3.39. The second-order valence-electron chi connectivity index (χ2n) is 10.4. The SMILES string of the molecule is COc1ccc(CN(C(=O)c2ccc(Br)c(OC)n2)[C@H](CON2C(=O)c3ccccc3C2=O)c2cc3cc(C)ccc3o2)cc1. The van der Waals surface area contributed by atoms with Crippen LogP contribution in [0.25, 0.3) is 11.0 Å². The van der Waals surface area contributed by atoms with Crippen molar-refractivity contribution in [3.63, 3.8) is 0 Å². The van der Waals surface area contributed by atoms with Gasteiger partial charge < -0.3 is 18.8 Å². The molecular formula is C34H28BrN3O7. The van der Waals surface area contributed by atoms with Gasteiger partial charge in [0, 0.05) is 11.9 Å². The van der Waals surface area contributed by atoms with Crippen LogP contribution in [0.2, 0.25) is 0 Å². The highest BCUT2D eigenvalue weighted by atomic mass is 79.9. The lowest BCUT2D eigenvalue weighted by Gasteiger charge is -2.31. The number of amides is 3. The molecule has 0 fully saturated rings. The minimum atomic E-state index is -0.895. The summed E-state index contributed by atoms with van der Waals surface area (Å²) in [6.07, 6.45) is 0. The van der Waals surface area contributed by atoms with E-state index >= 15 is 0 Å². The van der Waals surface area contributed by atoms with Crippen LogP contribution in [0.1, 0.15) is 54.1 Å². The molecule has 0 bridgehead atoms. The maximum Gasteiger partial charge on any atom is 0.285 e. The number of imide groups is 1. The largest absolute Gasteiger partial charge is 0.497 e. The Balaban J connectivity index is 1.43. The number of aryl methyl sites for hydroxylation is 1. The predicted molar refractivity (Wildman–Crippen MR) is 168 cm³/mol. The summed E-state index contributed by atoms with van der Waals surface area (Å²) in [6.45, 7) is 1.80. The summed E-state index contributed by atoms with van der Waals surface area (Å²) < 4.78 is 17.5. The number of pyridine rings is 1. The molecule has 1 aliphatic rings. The fourth-order valence-electron chi connectivity index (χ4n) is 5.19. The Bertz CT molecular complexity index is 1890. The first-order valence-electron chi connectivity index (χ1n) is 14.0. The summed E-state index contributed by atoms with van der Waals surface area (Å²) in [5.41, 5.74) is 3.03. The van der Waals surface area contributed by atoms with Crippen molar-refractivity contribution in [1.82, 2.24) is 14.9 Å². The molecule has 1 atom stereocenters. The Labute approximate surface area is 267 Å². The van der Waals surface area contributed by atoms with Crippen molar-refractivity contribution in [2.45, 2.75) is 19.5 Å². The Hall–Kier alpha value is -5.00. The Morgan fingerprint density at radius 1 is 0.933 bits per heavy atom. The number of methoxy groups -OCH3 is 2. The maximum atomic E-state index is 14.4. The third-order valence-corrected chi connectivity index (χ3v) is 8.12. The molecule has 0 aliphatic carbocycles. The van der Waals surface area contributed by atoms with Gasteiger partial charge in [-0.1, -0.05) is 35.9 Å². The van der Waals surface area contributed by atoms with Gasteiger partial charge in [0.2, 0.25) is 5.88 Å². The molecule has 228 valence electrons. The van der Waals surface area contributed by atoms with E-state index in [4.69, 9.17) is 18.7 Å². The normalized spacial score (nSPS) is 13.2. The minimum Gasteiger partial charge on any atom is -0.497 e. The molecular weight excluding hydrogens is 642 g/mol. The summed E-state index contributed by atoms with van der Waals surface area (Å²) in [4.78, 5) is 52.6. The van der Waals surface area contributed by atoms with E-state index in [1.807, 2.05) is 43.3 Å². The van der Waals surface area contributed by atoms with Gasteiger partial charge in [-0.25, -0.2) is 4.98 Å². The van der Waals surface area contributed by atoms with Crippen LogP contribution in [-0.2, 0) is 11.4 Å². The van der Waals surface area contributed by atoms with Gasteiger partial charge in [-0.2, -0.15) is 0 Å². The molecule has 0 saturated carbocycles. The predicted octanol–water partition coefficient (Wildman–Crippen LogP) is 6.53. The number of nitrogens with zero attached hydrogens (tertiary/aromatic N) is 3. The van der Waals surface area contributed by atoms with Crippen molar-refractivity contribution in [3.8, 4) is 11.6 Å². The van der Waals surface area contributed by atoms with Crippen LogP contribution in [0.5, 0.6) is 11.6 Å². The van der Waals surface area contributed by atoms with Crippen LogP contribution in [-0.4, -0.2) is 53.5 Å². The van der Waals surface area contributed by atoms with E-state index in [1.165, 1.54) is 7.11 Å². The zero-order chi connectivity index (χ0) is 31.7. The molecule has 3 amide bonds. The lowest BCUT2D eigenvalue weighted by molar-refractivity contribution is -0.108. The number of benzene rings is 3. The zero-order valence-electron chi connectivity index (χ0n) is 24.7. The van der Waals surface area contributed by atoms with Crippen molar-refractivity contribution in [2.24, 2.45) is 0 Å². The van der Waals surface area contributed by atoms with Crippen molar-refractivity contribution >= 4 is 44.6 Å². The van der Waals surface area contributed by atoms with Gasteiger partial charge in [-0.05, 0) is 83.0 Å². The highest BCUT2D eigenvalue weighted by Gasteiger charge is 2.39. The summed E-state index contributed by atoms with van der Waals surface area (Å²) in [6, 6.07) is 23.8. The number of hydrogen-bond acceptors (Lipinski definition) is 8. The molecule has 5 aromatic rings. The average Bonchev–Trinajstić information content (AvgIpc) is 3.58. The number of halogens is 1. The monoisotopic (exact) mass is 669 g/mol. The lowest BCUT2D eigenvalue weighted by atomic mass is 10.1. The van der Waals surface area contributed by atoms with E-state index in [0.717, 1.165) is 21.6 Å². The third-order valence-electron chi connectivity index (χ3n) is 7.51. The number of fused-ring (bicyclic) bond motifs is 2. The van der Waals surface area contributed by atoms with E-state index in [0.29, 0.717) is 21.6 Å². The first kappa shape index (κ1) is 30.0. The second kappa shape index (κ2) is 12.5. The van der Waals surface area contributed by atoms with E-state index < -0.39 is 23.8 Å². The number of hydroxylamine groups is 2. The summed E-state index contributed by atoms with van der Waals surface area (Å²) in [5, 5.41) is 1.57. The minimum absolute atomic E-state index is 0.106. The molecule has 6 rings (SSSR count). The molecule has 3 heterocycles. The Morgan fingerprint density at radius 2 is 1.64 bits per heavy atom. The van der Waals surface area contributed by atoms with Gasteiger partial charge >= 0.3 is 0 Å². The maximum absolute atomic E-state index is 14.4. The van der Waals surface area contributed by atoms with Crippen molar-refractivity contribution in [3.05, 3.63) is 123 Å². The molecule has 0 unspecified atom stereocenters. The van der Waals surface area contributed by atoms with E-state index in [9.17, 15) is 14.4 Å². The molecule has 1 aliphatic heterocycles. The first-order chi connectivity index (χ1) is 21.8. The van der Waals surface area contributed by atoms with E-state index in [1.54, 1.807) is 60.5 Å². The smallest absolute Gasteiger partial charge is 0.285 e. The van der Waals surface area contributed by atoms with Crippen LogP contribution in [0.3, 0.4) is 0 Å². The number of carbonyl (C=O) groups is 3. The fourth-order valence-corrected chi connectivity index (χ4v) is 5.57. The Kier molecular flexibility index (Phi) is 8.38. The molecule has 0 saturated heterocycles. The van der Waals surface area contributed by atoms with Gasteiger partial charge in [0.15, 0.2) is 0 Å². The first-order valence-corrected chi connectivity index (χ1v) is 14.8. The number of ether oxygens (including phenoxy) is 2. The second-order valence-corrected chi connectivity index (χ2v) is 11.3. The molecule has 11 heteroatoms. The highest BCUT2D eigenvalue weighted by molar-refractivity contribution is 9.10. The molecule has 3 aromatic carbocycles. The van der Waals surface area contributed by atoms with Gasteiger partial charge in [-0.15, -0.1) is 5.06 Å². The standard InChI is InChI=1S/C34H28BrN3O7/c1-20-8-15-29-22(16-20)17-30(45-29)28(19-44-38-32(39)24-6-4-5-7-25(24)33(38)40)37(18-21-9-11-23(42-2)12-10-21)34(41)27-14-13-26(35)31(36-27)43-3/h4-17,28H,18-19H2,1-3H3/t28-/m1/s1. The van der Waals surface area contributed by atoms with Crippen LogP contribution in [0, 0.1) is 6.92 Å². The topological polar surface area (TPSA) is 111 Å². The third kappa shape index (κ3) is 5.92. The molecule has 0 spiro atoms. The molecule has 2 aromatic heterocycles. The number of furan rings is 1. The summed E-state index contributed by atoms with van der Waals surface area (Å²) in [5.74, 6) is -0.316. The molecule has 0 N–H and O–H groups in total. The van der Waals surface area contributed by atoms with Gasteiger partial charge in [0.25, 0.3) is 17.7 Å². The average molecular weight is 671 g/mol. The summed E-state index contributed by atoms with van der Waals surface area (Å²) in [7, 11) is 3.04. The molecule has 0 radical (unpaired) electrons. The number of hydrogen-bond donors (Lipinski definition) is 0. The van der Waals surface area contributed by atoms with E-state index in [2.05, 4.69) is 20.9 Å². The van der Waals surface area contributed by atoms with Gasteiger partial charge in [-0.3, -0.25) is 19.2 Å². The lowest BCUT2D eigenvalue weighted by Crippen LogP contribution is -2.40. The molecule has 10 nitrogen and oxygen atoms in total. The van der Waals surface area contributed by atoms with Gasteiger partial charge in [0.05, 0.1) is 29.8 Å². The Morgan fingerprint density at radius 3 is 2.31 bits per heavy atom. The van der Waals surface area contributed by atoms with Crippen molar-refractivity contribution < 1.29 is 33.1 Å². The zero-order valence-corrected chi connectivity index (χ0v) is 26.2. The van der Waals surface area contributed by atoms with Crippen molar-refractivity contribution in [2.75, 3.05) is 20.8 Å². The molecule has 45 heavy (non-hydrogen) atoms.